The van der Waals surface area contributed by atoms with E-state index in [4.69, 9.17) is 0 Å². The predicted molar refractivity (Wildman–Crippen MR) is 118 cm³/mol. The molecule has 198 valence electrons. The monoisotopic (exact) mass is 546 g/mol. The van der Waals surface area contributed by atoms with Gasteiger partial charge in [0.15, 0.2) is 0 Å². The van der Waals surface area contributed by atoms with Crippen LogP contribution in [0.3, 0.4) is 0 Å². The van der Waals surface area contributed by atoms with Crippen LogP contribution in [-0.2, 0) is 28.5 Å². The maximum absolute atomic E-state index is 13.6. The van der Waals surface area contributed by atoms with Crippen LogP contribution >= 0.6 is 0 Å². The molecule has 1 aliphatic rings. The molecular weight excluding hydrogens is 526 g/mol. The lowest BCUT2D eigenvalue weighted by molar-refractivity contribution is -0.145. The molecule has 1 aromatic carbocycles. The van der Waals surface area contributed by atoms with Gasteiger partial charge in [-0.1, -0.05) is 0 Å². The maximum atomic E-state index is 13.6. The molecule has 3 unspecified atom stereocenters. The highest BCUT2D eigenvalue weighted by molar-refractivity contribution is 7.82. The SMILES string of the molecule is CC1CCC(C(=O)NCc2cn(-c3cnc(C(F)(F)F)nc3)nc2C(F)F)N1S(=O)c1ccc(F)cc1. The molecule has 0 radical (unpaired) electrons. The minimum atomic E-state index is -4.77. The van der Waals surface area contributed by atoms with Gasteiger partial charge in [-0.05, 0) is 44.0 Å². The van der Waals surface area contributed by atoms with Gasteiger partial charge in [-0.2, -0.15) is 18.3 Å². The first-order chi connectivity index (χ1) is 17.5. The Morgan fingerprint density at radius 2 is 1.81 bits per heavy atom. The predicted octanol–water partition coefficient (Wildman–Crippen LogP) is 3.95. The lowest BCUT2D eigenvalue weighted by Crippen LogP contribution is -2.46. The number of hydrogen-bond acceptors (Lipinski definition) is 5. The molecule has 0 saturated carbocycles. The number of alkyl halides is 5. The molecule has 1 amide bonds. The second-order valence-electron chi connectivity index (χ2n) is 8.27. The Labute approximate surface area is 209 Å². The number of aromatic nitrogens is 4. The highest BCUT2D eigenvalue weighted by Gasteiger charge is 2.40. The van der Waals surface area contributed by atoms with Gasteiger partial charge in [-0.25, -0.2) is 36.3 Å². The van der Waals surface area contributed by atoms with Crippen LogP contribution in [0.4, 0.5) is 26.3 Å². The number of amides is 1. The molecule has 15 heteroatoms. The standard InChI is InChI=1S/C22H20F6N6O2S/c1-12-2-7-17(34(12)37(36)16-5-3-14(23)4-6-16)20(35)29-8-13-11-33(32-18(13)19(24)25)15-9-30-21(31-10-15)22(26,27)28/h3-6,9-12,17,19H,2,7-8H2,1H3,(H,29,35). The van der Waals surface area contributed by atoms with Gasteiger partial charge >= 0.3 is 6.18 Å². The molecule has 0 spiro atoms. The van der Waals surface area contributed by atoms with Crippen molar-refractivity contribution in [2.75, 3.05) is 0 Å². The van der Waals surface area contributed by atoms with Crippen LogP contribution in [0.15, 0.2) is 47.8 Å². The van der Waals surface area contributed by atoms with Gasteiger partial charge in [0.05, 0.1) is 17.3 Å². The molecule has 8 nitrogen and oxygen atoms in total. The van der Waals surface area contributed by atoms with Gasteiger partial charge in [0.2, 0.25) is 11.7 Å². The van der Waals surface area contributed by atoms with Gasteiger partial charge in [-0.3, -0.25) is 4.79 Å². The van der Waals surface area contributed by atoms with Crippen LogP contribution in [0.25, 0.3) is 5.69 Å². The Kier molecular flexibility index (Phi) is 7.64. The molecule has 1 saturated heterocycles. The van der Waals surface area contributed by atoms with E-state index in [1.54, 1.807) is 6.92 Å². The molecule has 2 aromatic heterocycles. The highest BCUT2D eigenvalue weighted by Crippen LogP contribution is 2.30. The molecule has 0 bridgehead atoms. The fourth-order valence-corrected chi connectivity index (χ4v) is 5.40. The van der Waals surface area contributed by atoms with E-state index in [1.807, 2.05) is 0 Å². The van der Waals surface area contributed by atoms with Crippen molar-refractivity contribution < 1.29 is 35.3 Å². The average molecular weight is 546 g/mol. The molecule has 1 aliphatic heterocycles. The summed E-state index contributed by atoms with van der Waals surface area (Å²) in [5.74, 6) is -2.44. The minimum Gasteiger partial charge on any atom is -0.350 e. The van der Waals surface area contributed by atoms with Crippen LogP contribution in [-0.4, -0.2) is 46.3 Å². The lowest BCUT2D eigenvalue weighted by Gasteiger charge is -2.26. The summed E-state index contributed by atoms with van der Waals surface area (Å²) < 4.78 is 94.0. The largest absolute Gasteiger partial charge is 0.451 e. The number of rotatable bonds is 7. The van der Waals surface area contributed by atoms with Crippen LogP contribution in [0.1, 0.15) is 43.3 Å². The normalized spacial score (nSPS) is 19.4. The van der Waals surface area contributed by atoms with Gasteiger partial charge in [-0.15, -0.1) is 0 Å². The summed E-state index contributed by atoms with van der Waals surface area (Å²) in [6.07, 6.45) is -4.15. The second kappa shape index (κ2) is 10.6. The molecule has 1 fully saturated rings. The van der Waals surface area contributed by atoms with E-state index < -0.39 is 52.9 Å². The van der Waals surface area contributed by atoms with Crippen molar-refractivity contribution in [1.29, 1.82) is 0 Å². The second-order valence-corrected chi connectivity index (χ2v) is 9.66. The third-order valence-electron chi connectivity index (χ3n) is 5.75. The van der Waals surface area contributed by atoms with Gasteiger partial charge in [0, 0.05) is 24.3 Å². The molecular formula is C22H20F6N6O2S. The van der Waals surface area contributed by atoms with Crippen molar-refractivity contribution in [2.24, 2.45) is 0 Å². The first kappa shape index (κ1) is 26.7. The Balaban J connectivity index is 1.49. The Morgan fingerprint density at radius 3 is 2.41 bits per heavy atom. The quantitative estimate of drug-likeness (QED) is 0.453. The van der Waals surface area contributed by atoms with E-state index in [1.165, 1.54) is 16.4 Å². The van der Waals surface area contributed by atoms with Crippen LogP contribution < -0.4 is 5.32 Å². The molecule has 0 aliphatic carbocycles. The van der Waals surface area contributed by atoms with Crippen molar-refractivity contribution >= 4 is 16.9 Å². The number of nitrogens with zero attached hydrogens (tertiary/aromatic N) is 5. The average Bonchev–Trinajstić information content (AvgIpc) is 3.46. The summed E-state index contributed by atoms with van der Waals surface area (Å²) in [5.41, 5.74) is -0.829. The number of carbonyl (C=O) groups excluding carboxylic acids is 1. The minimum absolute atomic E-state index is 0.0690. The third-order valence-corrected chi connectivity index (χ3v) is 7.42. The van der Waals surface area contributed by atoms with Crippen molar-refractivity contribution in [1.82, 2.24) is 29.4 Å². The number of halogens is 6. The van der Waals surface area contributed by atoms with E-state index in [2.05, 4.69) is 20.4 Å². The summed E-state index contributed by atoms with van der Waals surface area (Å²) in [7, 11) is -1.76. The fraction of sp³-hybridized carbons (Fsp3) is 0.364. The molecule has 37 heavy (non-hydrogen) atoms. The number of nitrogens with one attached hydrogen (secondary N) is 1. The number of hydrogen-bond donors (Lipinski definition) is 1. The summed E-state index contributed by atoms with van der Waals surface area (Å²) in [4.78, 5) is 19.7. The third kappa shape index (κ3) is 5.82. The summed E-state index contributed by atoms with van der Waals surface area (Å²) in [6, 6.07) is 3.98. The highest BCUT2D eigenvalue weighted by atomic mass is 32.2. The van der Waals surface area contributed by atoms with Crippen molar-refractivity contribution in [2.45, 2.75) is 55.9 Å². The van der Waals surface area contributed by atoms with Gasteiger partial charge < -0.3 is 5.32 Å². The first-order valence-electron chi connectivity index (χ1n) is 11.0. The number of benzene rings is 1. The van der Waals surface area contributed by atoms with Gasteiger partial charge in [0.25, 0.3) is 6.43 Å². The van der Waals surface area contributed by atoms with Crippen LogP contribution in [0.2, 0.25) is 0 Å². The summed E-state index contributed by atoms with van der Waals surface area (Å²) in [6.45, 7) is 1.43. The first-order valence-corrected chi connectivity index (χ1v) is 12.1. The Bertz CT molecular complexity index is 1280. The van der Waals surface area contributed by atoms with E-state index >= 15 is 0 Å². The van der Waals surface area contributed by atoms with Crippen LogP contribution in [0, 0.1) is 5.82 Å². The van der Waals surface area contributed by atoms with E-state index in [0.29, 0.717) is 17.7 Å². The zero-order chi connectivity index (χ0) is 26.9. The van der Waals surface area contributed by atoms with Crippen molar-refractivity contribution in [3.05, 3.63) is 65.8 Å². The van der Waals surface area contributed by atoms with E-state index in [9.17, 15) is 35.3 Å². The van der Waals surface area contributed by atoms with E-state index in [-0.39, 0.29) is 23.8 Å². The molecule has 4 rings (SSSR count). The topological polar surface area (TPSA) is 93.0 Å². The zero-order valence-electron chi connectivity index (χ0n) is 19.1. The maximum Gasteiger partial charge on any atom is 0.451 e. The molecule has 1 N–H and O–H groups in total. The van der Waals surface area contributed by atoms with Crippen molar-refractivity contribution in [3.8, 4) is 5.69 Å². The van der Waals surface area contributed by atoms with Gasteiger partial charge in [0.1, 0.15) is 34.2 Å². The van der Waals surface area contributed by atoms with E-state index in [0.717, 1.165) is 35.4 Å². The molecule has 3 atom stereocenters. The fourth-order valence-electron chi connectivity index (χ4n) is 3.92. The zero-order valence-corrected chi connectivity index (χ0v) is 19.9. The lowest BCUT2D eigenvalue weighted by atomic mass is 10.2. The molecule has 3 heterocycles. The van der Waals surface area contributed by atoms with Crippen LogP contribution in [0.5, 0.6) is 0 Å². The smallest absolute Gasteiger partial charge is 0.350 e. The summed E-state index contributed by atoms with van der Waals surface area (Å²) in [5, 5.41) is 6.27. The Morgan fingerprint density at radius 1 is 1.16 bits per heavy atom. The number of carbonyl (C=O) groups is 1. The molecule has 3 aromatic rings. The van der Waals surface area contributed by atoms with Crippen molar-refractivity contribution in [3.63, 3.8) is 0 Å². The summed E-state index contributed by atoms with van der Waals surface area (Å²) >= 11 is 0. The Hall–Kier alpha value is -3.33.